The molecule has 0 atom stereocenters. The minimum absolute atomic E-state index is 0.155. The molecule has 0 unspecified atom stereocenters. The molecular weight excluding hydrogens is 548 g/mol. The van der Waals surface area contributed by atoms with E-state index in [0.717, 1.165) is 39.8 Å². The topological polar surface area (TPSA) is 84.2 Å². The smallest absolute Gasteiger partial charge is 0.335 e. The molecule has 0 aliphatic carbocycles. The highest BCUT2D eigenvalue weighted by molar-refractivity contribution is 6.08. The number of halogens is 2. The summed E-state index contributed by atoms with van der Waals surface area (Å²) in [6.45, 7) is 0.671. The first kappa shape index (κ1) is 27.5. The van der Waals surface area contributed by atoms with Crippen molar-refractivity contribution in [3.05, 3.63) is 150 Å². The zero-order valence-corrected chi connectivity index (χ0v) is 22.8. The van der Waals surface area contributed by atoms with Crippen LogP contribution in [0.2, 0.25) is 0 Å². The molecule has 8 heteroatoms. The van der Waals surface area contributed by atoms with Gasteiger partial charge in [0.2, 0.25) is 0 Å². The summed E-state index contributed by atoms with van der Waals surface area (Å²) in [7, 11) is 0. The van der Waals surface area contributed by atoms with Crippen LogP contribution < -0.4 is 5.32 Å². The number of rotatable bonds is 8. The van der Waals surface area contributed by atoms with Crippen LogP contribution in [0.1, 0.15) is 31.8 Å². The Balaban J connectivity index is 1.34. The molecule has 2 aromatic heterocycles. The van der Waals surface area contributed by atoms with E-state index in [0.29, 0.717) is 28.8 Å². The number of benzene rings is 4. The van der Waals surface area contributed by atoms with Crippen molar-refractivity contribution < 1.29 is 23.5 Å². The molecule has 4 aromatic carbocycles. The summed E-state index contributed by atoms with van der Waals surface area (Å²) in [5, 5.41) is 12.8. The van der Waals surface area contributed by atoms with Crippen LogP contribution in [0.5, 0.6) is 0 Å². The van der Waals surface area contributed by atoms with Gasteiger partial charge in [-0.05, 0) is 81.9 Å². The lowest BCUT2D eigenvalue weighted by atomic mass is 9.99. The predicted octanol–water partition coefficient (Wildman–Crippen LogP) is 7.33. The minimum Gasteiger partial charge on any atom is -0.478 e. The maximum Gasteiger partial charge on any atom is 0.335 e. The largest absolute Gasteiger partial charge is 0.478 e. The lowest BCUT2D eigenvalue weighted by Crippen LogP contribution is -2.23. The summed E-state index contributed by atoms with van der Waals surface area (Å²) in [6, 6.07) is 27.4. The molecule has 43 heavy (non-hydrogen) atoms. The van der Waals surface area contributed by atoms with E-state index in [4.69, 9.17) is 5.11 Å². The van der Waals surface area contributed by atoms with Crippen LogP contribution in [0, 0.1) is 11.6 Å². The highest BCUT2D eigenvalue weighted by Crippen LogP contribution is 2.31. The SMILES string of the molecule is O=C(O)c1ccc(CNC(=O)c2cc(-c3ccc(F)c(F)c3)cc3ccn(Cc4ccc(-c5cccnc5)cc4)c23)cc1. The zero-order chi connectivity index (χ0) is 29.9. The van der Waals surface area contributed by atoms with E-state index in [2.05, 4.69) is 10.3 Å². The van der Waals surface area contributed by atoms with Crippen molar-refractivity contribution in [2.75, 3.05) is 0 Å². The zero-order valence-electron chi connectivity index (χ0n) is 22.8. The number of carbonyl (C=O) groups excluding carboxylic acids is 1. The first-order valence-corrected chi connectivity index (χ1v) is 13.5. The summed E-state index contributed by atoms with van der Waals surface area (Å²) in [4.78, 5) is 29.0. The van der Waals surface area contributed by atoms with Gasteiger partial charge in [-0.15, -0.1) is 0 Å². The molecule has 0 aliphatic heterocycles. The second kappa shape index (κ2) is 11.7. The van der Waals surface area contributed by atoms with E-state index >= 15 is 0 Å². The molecule has 0 radical (unpaired) electrons. The van der Waals surface area contributed by atoms with Gasteiger partial charge < -0.3 is 15.0 Å². The van der Waals surface area contributed by atoms with Gasteiger partial charge in [0.05, 0.1) is 16.6 Å². The quantitative estimate of drug-likeness (QED) is 0.200. The van der Waals surface area contributed by atoms with Gasteiger partial charge in [0.25, 0.3) is 5.91 Å². The van der Waals surface area contributed by atoms with E-state index in [1.807, 2.05) is 65.5 Å². The van der Waals surface area contributed by atoms with Gasteiger partial charge in [-0.1, -0.05) is 48.5 Å². The number of aromatic carboxylic acids is 1. The molecule has 212 valence electrons. The number of pyridine rings is 1. The van der Waals surface area contributed by atoms with E-state index in [-0.39, 0.29) is 18.0 Å². The number of carboxylic acid groups (broad SMARTS) is 1. The van der Waals surface area contributed by atoms with E-state index in [1.165, 1.54) is 18.2 Å². The van der Waals surface area contributed by atoms with Crippen molar-refractivity contribution in [1.82, 2.24) is 14.9 Å². The lowest BCUT2D eigenvalue weighted by Gasteiger charge is -2.14. The molecule has 0 saturated carbocycles. The Kier molecular flexibility index (Phi) is 7.49. The van der Waals surface area contributed by atoms with Gasteiger partial charge in [-0.3, -0.25) is 9.78 Å². The normalized spacial score (nSPS) is 11.0. The van der Waals surface area contributed by atoms with Gasteiger partial charge >= 0.3 is 5.97 Å². The van der Waals surface area contributed by atoms with Crippen molar-refractivity contribution in [3.63, 3.8) is 0 Å². The number of hydrogen-bond acceptors (Lipinski definition) is 3. The number of carbonyl (C=O) groups is 2. The van der Waals surface area contributed by atoms with Crippen LogP contribution in [0.15, 0.2) is 116 Å². The van der Waals surface area contributed by atoms with Crippen LogP contribution >= 0.6 is 0 Å². The number of nitrogens with one attached hydrogen (secondary N) is 1. The molecule has 1 amide bonds. The Bertz CT molecular complexity index is 1950. The van der Waals surface area contributed by atoms with Gasteiger partial charge in [0.1, 0.15) is 0 Å². The maximum absolute atomic E-state index is 14.1. The third-order valence-corrected chi connectivity index (χ3v) is 7.31. The molecule has 2 heterocycles. The Labute approximate surface area is 245 Å². The third kappa shape index (κ3) is 5.90. The van der Waals surface area contributed by atoms with Crippen molar-refractivity contribution in [1.29, 1.82) is 0 Å². The molecular formula is C35H25F2N3O3. The molecule has 6 rings (SSSR count). The second-order valence-corrected chi connectivity index (χ2v) is 10.2. The Hall–Kier alpha value is -5.63. The van der Waals surface area contributed by atoms with Gasteiger partial charge in [-0.25, -0.2) is 13.6 Å². The highest BCUT2D eigenvalue weighted by Gasteiger charge is 2.18. The number of aromatic nitrogens is 2. The van der Waals surface area contributed by atoms with Crippen LogP contribution in [0.3, 0.4) is 0 Å². The van der Waals surface area contributed by atoms with Crippen LogP contribution in [-0.4, -0.2) is 26.5 Å². The number of carboxylic acids is 1. The molecule has 6 nitrogen and oxygen atoms in total. The summed E-state index contributed by atoms with van der Waals surface area (Å²) in [5.74, 6) is -3.30. The van der Waals surface area contributed by atoms with Crippen molar-refractivity contribution >= 4 is 22.8 Å². The number of amides is 1. The Morgan fingerprint density at radius 2 is 1.51 bits per heavy atom. The summed E-state index contributed by atoms with van der Waals surface area (Å²) >= 11 is 0. The molecule has 0 saturated heterocycles. The summed E-state index contributed by atoms with van der Waals surface area (Å²) in [6.07, 6.45) is 5.44. The van der Waals surface area contributed by atoms with Crippen LogP contribution in [-0.2, 0) is 13.1 Å². The maximum atomic E-state index is 14.1. The molecule has 0 bridgehead atoms. The molecule has 6 aromatic rings. The molecule has 0 fully saturated rings. The molecule has 0 spiro atoms. The fourth-order valence-electron chi connectivity index (χ4n) is 5.07. The molecule has 2 N–H and O–H groups in total. The van der Waals surface area contributed by atoms with Gasteiger partial charge in [-0.2, -0.15) is 0 Å². The Morgan fingerprint density at radius 3 is 2.21 bits per heavy atom. The third-order valence-electron chi connectivity index (χ3n) is 7.31. The highest BCUT2D eigenvalue weighted by atomic mass is 19.2. The summed E-state index contributed by atoms with van der Waals surface area (Å²) in [5.41, 5.74) is 6.05. The first-order chi connectivity index (χ1) is 20.9. The van der Waals surface area contributed by atoms with Crippen LogP contribution in [0.25, 0.3) is 33.2 Å². The van der Waals surface area contributed by atoms with Crippen molar-refractivity contribution in [2.45, 2.75) is 13.1 Å². The number of hydrogen-bond donors (Lipinski definition) is 2. The van der Waals surface area contributed by atoms with Crippen molar-refractivity contribution in [2.24, 2.45) is 0 Å². The average Bonchev–Trinajstić information content (AvgIpc) is 3.44. The first-order valence-electron chi connectivity index (χ1n) is 13.5. The van der Waals surface area contributed by atoms with E-state index < -0.39 is 17.6 Å². The number of nitrogens with zero attached hydrogens (tertiary/aromatic N) is 2. The lowest BCUT2D eigenvalue weighted by molar-refractivity contribution is 0.0696. The van der Waals surface area contributed by atoms with Crippen LogP contribution in [0.4, 0.5) is 8.78 Å². The monoisotopic (exact) mass is 573 g/mol. The van der Waals surface area contributed by atoms with Gasteiger partial charge in [0.15, 0.2) is 11.6 Å². The Morgan fingerprint density at radius 1 is 0.767 bits per heavy atom. The minimum atomic E-state index is -1.03. The standard InChI is InChI=1S/C35H25F2N3O3/c36-31-12-11-26(18-32(31)37)29-16-27-13-15-40(21-23-5-7-24(8-6-23)28-2-1-14-38-20-28)33(27)30(17-29)34(41)39-19-22-3-9-25(10-4-22)35(42)43/h1-18,20H,19,21H2,(H,39,41)(H,42,43). The second-order valence-electron chi connectivity index (χ2n) is 10.2. The van der Waals surface area contributed by atoms with Gasteiger partial charge in [0, 0.05) is 37.1 Å². The van der Waals surface area contributed by atoms with E-state index in [1.54, 1.807) is 24.4 Å². The summed E-state index contributed by atoms with van der Waals surface area (Å²) < 4.78 is 29.8. The fourth-order valence-corrected chi connectivity index (χ4v) is 5.07. The fraction of sp³-hybridized carbons (Fsp3) is 0.0571. The molecule has 0 aliphatic rings. The van der Waals surface area contributed by atoms with E-state index in [9.17, 15) is 18.4 Å². The average molecular weight is 574 g/mol. The van der Waals surface area contributed by atoms with Crippen molar-refractivity contribution in [3.8, 4) is 22.3 Å². The predicted molar refractivity (Wildman–Crippen MR) is 161 cm³/mol. The number of fused-ring (bicyclic) bond motifs is 1.